The lowest BCUT2D eigenvalue weighted by atomic mass is 10.3. The Labute approximate surface area is 56.6 Å². The second kappa shape index (κ2) is 4.51. The quantitative estimate of drug-likeness (QED) is 0.571. The molecule has 0 saturated carbocycles. The molecule has 5 heteroatoms. The van der Waals surface area contributed by atoms with E-state index in [1.54, 1.807) is 0 Å². The van der Waals surface area contributed by atoms with Gasteiger partial charge in [-0.25, -0.2) is 5.11 Å². The summed E-state index contributed by atoms with van der Waals surface area (Å²) in [6.07, 6.45) is -4.15. The van der Waals surface area contributed by atoms with Crippen molar-refractivity contribution in [3.05, 3.63) is 0 Å². The fourth-order valence-corrected chi connectivity index (χ4v) is 0.392. The van der Waals surface area contributed by atoms with Crippen molar-refractivity contribution in [2.45, 2.75) is 19.2 Å². The highest BCUT2D eigenvalue weighted by molar-refractivity contribution is 4.36. The van der Waals surface area contributed by atoms with E-state index in [2.05, 4.69) is 4.74 Å². The molecular weight excluding hydrogens is 149 g/mol. The molecule has 0 N–H and O–H groups in total. The fourth-order valence-electron chi connectivity index (χ4n) is 0.392. The average Bonchev–Trinajstić information content (AvgIpc) is 1.78. The topological polar surface area (TPSA) is 29.1 Å². The van der Waals surface area contributed by atoms with Gasteiger partial charge in [0.25, 0.3) is 0 Å². The molecule has 0 saturated heterocycles. The van der Waals surface area contributed by atoms with Gasteiger partial charge in [0.1, 0.15) is 0 Å². The van der Waals surface area contributed by atoms with Crippen LogP contribution in [0.15, 0.2) is 0 Å². The predicted molar refractivity (Wildman–Crippen MR) is 26.8 cm³/mol. The summed E-state index contributed by atoms with van der Waals surface area (Å²) in [5, 5.41) is 9.72. The van der Waals surface area contributed by atoms with Crippen molar-refractivity contribution >= 4 is 0 Å². The molecule has 0 aromatic rings. The van der Waals surface area contributed by atoms with Crippen molar-refractivity contribution in [1.29, 1.82) is 0 Å². The van der Waals surface area contributed by atoms with Crippen LogP contribution >= 0.6 is 0 Å². The summed E-state index contributed by atoms with van der Waals surface area (Å²) in [7, 11) is 0. The molecule has 0 bridgehead atoms. The van der Waals surface area contributed by atoms with Crippen molar-refractivity contribution in [1.82, 2.24) is 0 Å². The fraction of sp³-hybridized carbons (Fsp3) is 1.00. The van der Waals surface area contributed by atoms with Gasteiger partial charge in [-0.05, 0) is 12.8 Å². The lowest BCUT2D eigenvalue weighted by Gasteiger charge is -2.05. The van der Waals surface area contributed by atoms with E-state index < -0.39 is 13.0 Å². The molecule has 0 atom stereocenters. The first-order chi connectivity index (χ1) is 4.56. The lowest BCUT2D eigenvalue weighted by molar-refractivity contribution is -0.324. The van der Waals surface area contributed by atoms with Crippen LogP contribution in [-0.2, 0) is 9.84 Å². The largest absolute Gasteiger partial charge is 0.522 e. The monoisotopic (exact) mass is 157 g/mol. The number of halogens is 3. The van der Waals surface area contributed by atoms with Gasteiger partial charge in [-0.15, -0.1) is 13.2 Å². The van der Waals surface area contributed by atoms with Gasteiger partial charge in [0, 0.05) is 0 Å². The molecule has 0 spiro atoms. The van der Waals surface area contributed by atoms with E-state index in [-0.39, 0.29) is 19.4 Å². The summed E-state index contributed by atoms with van der Waals surface area (Å²) in [5.41, 5.74) is 0. The molecule has 10 heavy (non-hydrogen) atoms. The number of rotatable bonds is 4. The molecule has 0 amide bonds. The highest BCUT2D eigenvalue weighted by Gasteiger charge is 2.28. The summed E-state index contributed by atoms with van der Waals surface area (Å²) in [6.45, 7) is -0.757. The van der Waals surface area contributed by atoms with E-state index in [1.165, 1.54) is 0 Å². The van der Waals surface area contributed by atoms with Crippen molar-refractivity contribution in [2.75, 3.05) is 13.2 Å². The summed E-state index contributed by atoms with van der Waals surface area (Å²) < 4.78 is 36.9. The maximum Gasteiger partial charge on any atom is 0.522 e. The van der Waals surface area contributed by atoms with Gasteiger partial charge in [-0.1, -0.05) is 0 Å². The van der Waals surface area contributed by atoms with Crippen molar-refractivity contribution in [2.24, 2.45) is 0 Å². The normalized spacial score (nSPS) is 12.0. The van der Waals surface area contributed by atoms with E-state index in [0.717, 1.165) is 0 Å². The van der Waals surface area contributed by atoms with Crippen molar-refractivity contribution in [3.63, 3.8) is 0 Å². The number of unbranched alkanes of at least 4 members (excludes halogenated alkanes) is 1. The summed E-state index contributed by atoms with van der Waals surface area (Å²) >= 11 is 0. The summed E-state index contributed by atoms with van der Waals surface area (Å²) in [5.74, 6) is 0. The van der Waals surface area contributed by atoms with Gasteiger partial charge in [-0.2, -0.15) is 0 Å². The Kier molecular flexibility index (Phi) is 4.38. The van der Waals surface area contributed by atoms with E-state index in [9.17, 15) is 18.3 Å². The van der Waals surface area contributed by atoms with Crippen LogP contribution in [0.1, 0.15) is 12.8 Å². The Morgan fingerprint density at radius 3 is 2.20 bits per heavy atom. The molecule has 1 radical (unpaired) electrons. The van der Waals surface area contributed by atoms with E-state index in [4.69, 9.17) is 0 Å². The summed E-state index contributed by atoms with van der Waals surface area (Å²) in [6, 6.07) is 0. The molecule has 0 aromatic heterocycles. The maximum absolute atomic E-state index is 11.2. The average molecular weight is 157 g/mol. The van der Waals surface area contributed by atoms with Gasteiger partial charge < -0.3 is 0 Å². The number of ether oxygens (including phenoxy) is 1. The minimum absolute atomic E-state index is 0.170. The number of hydrogen-bond acceptors (Lipinski definition) is 1. The molecule has 0 rings (SSSR count). The van der Waals surface area contributed by atoms with Crippen LogP contribution in [0.25, 0.3) is 0 Å². The zero-order valence-electron chi connectivity index (χ0n) is 5.28. The molecule has 0 aliphatic heterocycles. The highest BCUT2D eigenvalue weighted by atomic mass is 19.4. The minimum atomic E-state index is -4.55. The third-order valence-corrected chi connectivity index (χ3v) is 0.804. The Balaban J connectivity index is 3.04. The van der Waals surface area contributed by atoms with Crippen LogP contribution in [0, 0.1) is 0 Å². The molecule has 0 heterocycles. The second-order valence-electron chi connectivity index (χ2n) is 1.71. The molecular formula is C5H8F3O2. The highest BCUT2D eigenvalue weighted by Crippen LogP contribution is 2.16. The predicted octanol–water partition coefficient (Wildman–Crippen LogP) is 1.73. The van der Waals surface area contributed by atoms with Gasteiger partial charge in [-0.3, -0.25) is 4.74 Å². The number of hydrogen-bond donors (Lipinski definition) is 0. The first-order valence-corrected chi connectivity index (χ1v) is 2.85. The SMILES string of the molecule is [O]CCCCOC(F)(F)F. The molecule has 0 unspecified atom stereocenters. The van der Waals surface area contributed by atoms with Gasteiger partial charge in [0.05, 0.1) is 13.2 Å². The minimum Gasteiger partial charge on any atom is -0.292 e. The van der Waals surface area contributed by atoms with Crippen LogP contribution in [0.4, 0.5) is 13.2 Å². The van der Waals surface area contributed by atoms with E-state index in [1.807, 2.05) is 0 Å². The first-order valence-electron chi connectivity index (χ1n) is 2.85. The molecule has 0 aliphatic rings. The Bertz CT molecular complexity index is 81.5. The molecule has 61 valence electrons. The third kappa shape index (κ3) is 7.71. The second-order valence-corrected chi connectivity index (χ2v) is 1.71. The lowest BCUT2D eigenvalue weighted by Crippen LogP contribution is -2.14. The third-order valence-electron chi connectivity index (χ3n) is 0.804. The standard InChI is InChI=1S/C5H8F3O2/c6-5(7,8)10-4-2-1-3-9/h1-4H2. The van der Waals surface area contributed by atoms with Crippen molar-refractivity contribution < 1.29 is 23.0 Å². The van der Waals surface area contributed by atoms with Gasteiger partial charge in [0.15, 0.2) is 0 Å². The first kappa shape index (κ1) is 9.71. The molecule has 2 nitrogen and oxygen atoms in total. The zero-order valence-corrected chi connectivity index (χ0v) is 5.28. The van der Waals surface area contributed by atoms with Crippen LogP contribution in [0.2, 0.25) is 0 Å². The molecule has 0 aliphatic carbocycles. The molecule has 0 fully saturated rings. The van der Waals surface area contributed by atoms with Crippen LogP contribution < -0.4 is 0 Å². The smallest absolute Gasteiger partial charge is 0.292 e. The van der Waals surface area contributed by atoms with Crippen LogP contribution in [0.5, 0.6) is 0 Å². The van der Waals surface area contributed by atoms with E-state index in [0.29, 0.717) is 0 Å². The van der Waals surface area contributed by atoms with Crippen molar-refractivity contribution in [3.8, 4) is 0 Å². The molecule has 0 aromatic carbocycles. The Morgan fingerprint density at radius 1 is 1.20 bits per heavy atom. The van der Waals surface area contributed by atoms with Crippen LogP contribution in [0.3, 0.4) is 0 Å². The van der Waals surface area contributed by atoms with E-state index >= 15 is 0 Å². The Hall–Kier alpha value is -0.290. The Morgan fingerprint density at radius 2 is 1.80 bits per heavy atom. The zero-order chi connectivity index (χ0) is 8.04. The van der Waals surface area contributed by atoms with Gasteiger partial charge >= 0.3 is 6.36 Å². The maximum atomic E-state index is 11.2. The summed E-state index contributed by atoms with van der Waals surface area (Å²) in [4.78, 5) is 0. The van der Waals surface area contributed by atoms with Gasteiger partial charge in [0.2, 0.25) is 0 Å². The van der Waals surface area contributed by atoms with Crippen LogP contribution in [-0.4, -0.2) is 19.6 Å². The number of alkyl halides is 3.